The Kier molecular flexibility index (Phi) is 3.71. The number of rotatable bonds is 3. The van der Waals surface area contributed by atoms with Gasteiger partial charge < -0.3 is 0 Å². The Morgan fingerprint density at radius 3 is 2.77 bits per heavy atom. The Balaban J connectivity index is 3.06. The summed E-state index contributed by atoms with van der Waals surface area (Å²) in [5, 5.41) is 0. The number of thiol groups is 1. The third kappa shape index (κ3) is 2.70. The molecule has 13 heavy (non-hydrogen) atoms. The van der Waals surface area contributed by atoms with Crippen molar-refractivity contribution in [3.05, 3.63) is 41.2 Å². The number of benzene rings is 1. The van der Waals surface area contributed by atoms with Crippen molar-refractivity contribution >= 4 is 25.0 Å². The van der Waals surface area contributed by atoms with E-state index < -0.39 is 5.82 Å². The van der Waals surface area contributed by atoms with Crippen molar-refractivity contribution < 1.29 is 9.18 Å². The minimum atomic E-state index is -0.398. The maximum Gasteiger partial charge on any atom is 0.150 e. The molecule has 0 N–H and O–H groups in total. The van der Waals surface area contributed by atoms with E-state index in [2.05, 4.69) is 12.6 Å². The topological polar surface area (TPSA) is 17.1 Å². The van der Waals surface area contributed by atoms with Crippen LogP contribution in [0.25, 0.3) is 6.08 Å². The second-order valence-corrected chi connectivity index (χ2v) is 2.84. The molecule has 0 fully saturated rings. The SMILES string of the molecule is O=Cc1cc(F)ccc1C=CCS. The van der Waals surface area contributed by atoms with E-state index in [1.54, 1.807) is 18.2 Å². The van der Waals surface area contributed by atoms with Crippen LogP contribution in [0, 0.1) is 5.82 Å². The van der Waals surface area contributed by atoms with Crippen LogP contribution >= 0.6 is 12.6 Å². The summed E-state index contributed by atoms with van der Waals surface area (Å²) >= 11 is 3.99. The fourth-order valence-corrected chi connectivity index (χ4v) is 1.08. The van der Waals surface area contributed by atoms with Crippen molar-refractivity contribution in [2.75, 3.05) is 5.75 Å². The van der Waals surface area contributed by atoms with Gasteiger partial charge in [0, 0.05) is 11.3 Å². The Morgan fingerprint density at radius 1 is 1.38 bits per heavy atom. The highest BCUT2D eigenvalue weighted by Gasteiger charge is 1.99. The van der Waals surface area contributed by atoms with Gasteiger partial charge in [-0.2, -0.15) is 12.6 Å². The standard InChI is InChI=1S/C10H9FOS/c11-10-4-3-8(2-1-5-13)9(6-10)7-12/h1-4,6-7,13H,5H2. The van der Waals surface area contributed by atoms with Crippen molar-refractivity contribution in [3.63, 3.8) is 0 Å². The molecule has 0 saturated carbocycles. The first-order chi connectivity index (χ1) is 6.27. The molecule has 3 heteroatoms. The van der Waals surface area contributed by atoms with Crippen molar-refractivity contribution in [2.24, 2.45) is 0 Å². The van der Waals surface area contributed by atoms with Gasteiger partial charge in [0.05, 0.1) is 0 Å². The Morgan fingerprint density at radius 2 is 2.15 bits per heavy atom. The van der Waals surface area contributed by atoms with Gasteiger partial charge in [0.1, 0.15) is 5.82 Å². The van der Waals surface area contributed by atoms with E-state index in [4.69, 9.17) is 0 Å². The van der Waals surface area contributed by atoms with Crippen LogP contribution < -0.4 is 0 Å². The largest absolute Gasteiger partial charge is 0.298 e. The number of carbonyl (C=O) groups is 1. The van der Waals surface area contributed by atoms with Crippen molar-refractivity contribution in [2.45, 2.75) is 0 Å². The monoisotopic (exact) mass is 196 g/mol. The van der Waals surface area contributed by atoms with Crippen molar-refractivity contribution in [3.8, 4) is 0 Å². The minimum absolute atomic E-state index is 0.359. The number of hydrogen-bond acceptors (Lipinski definition) is 2. The Labute approximate surface area is 81.7 Å². The predicted molar refractivity (Wildman–Crippen MR) is 54.7 cm³/mol. The first kappa shape index (κ1) is 9.99. The van der Waals surface area contributed by atoms with Crippen molar-refractivity contribution in [1.82, 2.24) is 0 Å². The lowest BCUT2D eigenvalue weighted by Gasteiger charge is -1.97. The quantitative estimate of drug-likeness (QED) is 0.581. The zero-order valence-corrected chi connectivity index (χ0v) is 7.80. The molecule has 0 aromatic heterocycles. The molecule has 1 rings (SSSR count). The van der Waals surface area contributed by atoms with Crippen LogP contribution in [0.2, 0.25) is 0 Å². The van der Waals surface area contributed by atoms with Crippen LogP contribution in [-0.2, 0) is 0 Å². The highest BCUT2D eigenvalue weighted by molar-refractivity contribution is 7.80. The summed E-state index contributed by atoms with van der Waals surface area (Å²) in [7, 11) is 0. The van der Waals surface area contributed by atoms with Gasteiger partial charge in [-0.15, -0.1) is 0 Å². The van der Waals surface area contributed by atoms with E-state index in [0.717, 1.165) is 0 Å². The predicted octanol–water partition coefficient (Wildman–Crippen LogP) is 2.58. The fourth-order valence-electron chi connectivity index (χ4n) is 0.979. The van der Waals surface area contributed by atoms with E-state index in [1.807, 2.05) is 0 Å². The van der Waals surface area contributed by atoms with Gasteiger partial charge >= 0.3 is 0 Å². The number of halogens is 1. The summed E-state index contributed by atoms with van der Waals surface area (Å²) < 4.78 is 12.7. The zero-order chi connectivity index (χ0) is 9.68. The van der Waals surface area contributed by atoms with Crippen LogP contribution in [-0.4, -0.2) is 12.0 Å². The van der Waals surface area contributed by atoms with Crippen LogP contribution in [0.4, 0.5) is 4.39 Å². The molecular formula is C10H9FOS. The van der Waals surface area contributed by atoms with Gasteiger partial charge in [0.25, 0.3) is 0 Å². The Hall–Kier alpha value is -1.09. The summed E-state index contributed by atoms with van der Waals surface area (Å²) in [6, 6.07) is 4.11. The van der Waals surface area contributed by atoms with Crippen molar-refractivity contribution in [1.29, 1.82) is 0 Å². The normalized spacial score (nSPS) is 10.6. The smallest absolute Gasteiger partial charge is 0.150 e. The summed E-state index contributed by atoms with van der Waals surface area (Å²) in [5.74, 6) is 0.195. The first-order valence-electron chi connectivity index (χ1n) is 3.80. The second-order valence-electron chi connectivity index (χ2n) is 2.48. The van der Waals surface area contributed by atoms with E-state index in [0.29, 0.717) is 23.2 Å². The molecule has 0 aliphatic rings. The highest BCUT2D eigenvalue weighted by Crippen LogP contribution is 2.11. The molecule has 0 saturated heterocycles. The van der Waals surface area contributed by atoms with Gasteiger partial charge in [0.2, 0.25) is 0 Å². The van der Waals surface area contributed by atoms with E-state index in [-0.39, 0.29) is 0 Å². The average Bonchev–Trinajstić information content (AvgIpc) is 2.16. The number of carbonyl (C=O) groups excluding carboxylic acids is 1. The lowest BCUT2D eigenvalue weighted by molar-refractivity contribution is 0.112. The molecule has 68 valence electrons. The highest BCUT2D eigenvalue weighted by atomic mass is 32.1. The second kappa shape index (κ2) is 4.82. The van der Waals surface area contributed by atoms with Gasteiger partial charge in [-0.1, -0.05) is 18.2 Å². The molecule has 0 amide bonds. The zero-order valence-electron chi connectivity index (χ0n) is 6.90. The molecule has 1 aromatic rings. The van der Waals surface area contributed by atoms with Gasteiger partial charge in [-0.3, -0.25) is 4.79 Å². The molecule has 0 aliphatic carbocycles. The molecule has 1 aromatic carbocycles. The third-order valence-corrected chi connectivity index (χ3v) is 1.79. The Bertz CT molecular complexity index is 334. The van der Waals surface area contributed by atoms with Gasteiger partial charge in [-0.05, 0) is 17.7 Å². The molecule has 0 radical (unpaired) electrons. The summed E-state index contributed by atoms with van der Waals surface area (Å²) in [6.07, 6.45) is 4.18. The van der Waals surface area contributed by atoms with Crippen LogP contribution in [0.1, 0.15) is 15.9 Å². The summed E-state index contributed by atoms with van der Waals surface area (Å²) in [4.78, 5) is 10.5. The summed E-state index contributed by atoms with van der Waals surface area (Å²) in [6.45, 7) is 0. The van der Waals surface area contributed by atoms with Gasteiger partial charge in [-0.25, -0.2) is 4.39 Å². The molecule has 0 spiro atoms. The van der Waals surface area contributed by atoms with E-state index in [9.17, 15) is 9.18 Å². The van der Waals surface area contributed by atoms with E-state index in [1.165, 1.54) is 12.1 Å². The number of aldehydes is 1. The average molecular weight is 196 g/mol. The molecule has 0 atom stereocenters. The maximum absolute atomic E-state index is 12.7. The summed E-state index contributed by atoms with van der Waals surface area (Å²) in [5.41, 5.74) is 1.07. The van der Waals surface area contributed by atoms with E-state index >= 15 is 0 Å². The first-order valence-corrected chi connectivity index (χ1v) is 4.43. The lowest BCUT2D eigenvalue weighted by Crippen LogP contribution is -1.87. The molecule has 1 nitrogen and oxygen atoms in total. The molecule has 0 heterocycles. The molecule has 0 aliphatic heterocycles. The van der Waals surface area contributed by atoms with Crippen LogP contribution in [0.3, 0.4) is 0 Å². The van der Waals surface area contributed by atoms with Crippen LogP contribution in [0.15, 0.2) is 24.3 Å². The fraction of sp³-hybridized carbons (Fsp3) is 0.100. The van der Waals surface area contributed by atoms with Gasteiger partial charge in [0.15, 0.2) is 6.29 Å². The molecule has 0 unspecified atom stereocenters. The number of hydrogen-bond donors (Lipinski definition) is 1. The minimum Gasteiger partial charge on any atom is -0.298 e. The lowest BCUT2D eigenvalue weighted by atomic mass is 10.1. The third-order valence-electron chi connectivity index (χ3n) is 1.58. The molecule has 0 bridgehead atoms. The molecular weight excluding hydrogens is 187 g/mol. The van der Waals surface area contributed by atoms with Crippen LogP contribution in [0.5, 0.6) is 0 Å². The maximum atomic E-state index is 12.7.